The number of nitrogens with one attached hydrogen (secondary N) is 1. The van der Waals surface area contributed by atoms with Gasteiger partial charge in [0.25, 0.3) is 0 Å². The molecule has 1 N–H and O–H groups in total. The van der Waals surface area contributed by atoms with E-state index < -0.39 is 23.8 Å². The van der Waals surface area contributed by atoms with Crippen LogP contribution >= 0.6 is 0 Å². The number of azo groups is 1. The Bertz CT molecular complexity index is 1150. The van der Waals surface area contributed by atoms with E-state index in [0.717, 1.165) is 12.1 Å². The van der Waals surface area contributed by atoms with E-state index in [1.807, 2.05) is 0 Å². The second kappa shape index (κ2) is 9.94. The maximum Gasteiger partial charge on any atom is 0.373 e. The summed E-state index contributed by atoms with van der Waals surface area (Å²) in [6.45, 7) is 1.40. The molecule has 0 heterocycles. The van der Waals surface area contributed by atoms with E-state index in [-0.39, 0.29) is 17.4 Å². The van der Waals surface area contributed by atoms with E-state index in [1.54, 1.807) is 36.4 Å². The lowest BCUT2D eigenvalue weighted by molar-refractivity contribution is -0.270. The van der Waals surface area contributed by atoms with Crippen LogP contribution in [-0.4, -0.2) is 18.3 Å². The number of carbonyl (C=O) groups excluding carboxylic acids is 1. The summed E-state index contributed by atoms with van der Waals surface area (Å²) in [5, 5.41) is 10.7. The van der Waals surface area contributed by atoms with Crippen molar-refractivity contribution in [1.82, 2.24) is 0 Å². The fourth-order valence-electron chi connectivity index (χ4n) is 2.71. The molecular weight excluding hydrogens is 464 g/mol. The van der Waals surface area contributed by atoms with Crippen molar-refractivity contribution in [3.05, 3.63) is 78.4 Å². The van der Waals surface area contributed by atoms with Gasteiger partial charge >= 0.3 is 18.3 Å². The number of alkyl halides is 6. The molecule has 0 radical (unpaired) electrons. The summed E-state index contributed by atoms with van der Waals surface area (Å²) in [6.07, 6.45) is -4.52. The van der Waals surface area contributed by atoms with Gasteiger partial charge in [-0.2, -0.15) is 27.8 Å². The molecule has 11 heteroatoms. The highest BCUT2D eigenvalue weighted by atomic mass is 19.3. The molecule has 0 unspecified atom stereocenters. The number of ether oxygens (including phenoxy) is 1. The van der Waals surface area contributed by atoms with Gasteiger partial charge < -0.3 is 10.1 Å². The maximum absolute atomic E-state index is 13.7. The summed E-state index contributed by atoms with van der Waals surface area (Å²) in [7, 11) is 0. The minimum absolute atomic E-state index is 0.0357. The summed E-state index contributed by atoms with van der Waals surface area (Å²) in [6, 6.07) is 16.0. The van der Waals surface area contributed by atoms with Crippen LogP contribution in [-0.2, 0) is 10.7 Å². The molecule has 34 heavy (non-hydrogen) atoms. The highest BCUT2D eigenvalue weighted by molar-refractivity contribution is 5.88. The van der Waals surface area contributed by atoms with Gasteiger partial charge in [-0.1, -0.05) is 0 Å². The molecule has 0 aliphatic rings. The number of amides is 1. The highest BCUT2D eigenvalue weighted by Crippen LogP contribution is 2.46. The number of nitrogens with zero attached hydrogens (tertiary/aromatic N) is 2. The largest absolute Gasteiger partial charge is 0.457 e. The fraction of sp³-hybridized carbons (Fsp3) is 0.174. The quantitative estimate of drug-likeness (QED) is 0.263. The molecule has 1 amide bonds. The number of hydrogen-bond acceptors (Lipinski definition) is 4. The van der Waals surface area contributed by atoms with Crippen LogP contribution in [0.1, 0.15) is 12.5 Å². The van der Waals surface area contributed by atoms with Gasteiger partial charge in [-0.3, -0.25) is 4.79 Å². The molecule has 0 spiro atoms. The van der Waals surface area contributed by atoms with Crippen molar-refractivity contribution in [2.24, 2.45) is 10.2 Å². The third-order valence-electron chi connectivity index (χ3n) is 4.45. The lowest BCUT2D eigenvalue weighted by Crippen LogP contribution is -2.44. The van der Waals surface area contributed by atoms with Crippen molar-refractivity contribution in [2.75, 3.05) is 5.32 Å². The topological polar surface area (TPSA) is 63.0 Å². The molecule has 0 aliphatic heterocycles. The average molecular weight is 481 g/mol. The van der Waals surface area contributed by atoms with Gasteiger partial charge in [-0.15, -0.1) is 0 Å². The summed E-state index contributed by atoms with van der Waals surface area (Å²) < 4.78 is 83.9. The first-order chi connectivity index (χ1) is 16.0. The van der Waals surface area contributed by atoms with E-state index in [4.69, 9.17) is 4.74 Å². The van der Waals surface area contributed by atoms with E-state index >= 15 is 0 Å². The van der Waals surface area contributed by atoms with Gasteiger partial charge in [0.05, 0.1) is 11.4 Å². The Balaban J connectivity index is 1.63. The van der Waals surface area contributed by atoms with Gasteiger partial charge in [0, 0.05) is 18.2 Å². The molecular formula is C23H17F6N3O2. The van der Waals surface area contributed by atoms with Crippen LogP contribution in [0.4, 0.5) is 43.4 Å². The minimum Gasteiger partial charge on any atom is -0.457 e. The molecule has 0 saturated carbocycles. The Morgan fingerprint density at radius 3 is 1.68 bits per heavy atom. The number of halogens is 6. The van der Waals surface area contributed by atoms with Crippen molar-refractivity contribution in [3.63, 3.8) is 0 Å². The number of hydrogen-bond donors (Lipinski definition) is 1. The lowest BCUT2D eigenvalue weighted by Gasteiger charge is -2.26. The predicted octanol–water partition coefficient (Wildman–Crippen LogP) is 7.84. The zero-order chi connectivity index (χ0) is 24.9. The molecule has 3 rings (SSSR count). The van der Waals surface area contributed by atoms with Crippen LogP contribution in [0.25, 0.3) is 0 Å². The molecule has 3 aromatic rings. The number of benzene rings is 3. The van der Waals surface area contributed by atoms with Crippen LogP contribution in [0.15, 0.2) is 83.0 Å². The Morgan fingerprint density at radius 1 is 0.794 bits per heavy atom. The summed E-state index contributed by atoms with van der Waals surface area (Å²) in [4.78, 5) is 11.0. The average Bonchev–Trinajstić information content (AvgIpc) is 2.79. The molecule has 178 valence electrons. The Hall–Kier alpha value is -3.89. The molecule has 3 aromatic carbocycles. The maximum atomic E-state index is 13.7. The highest BCUT2D eigenvalue weighted by Gasteiger charge is 2.63. The summed E-state index contributed by atoms with van der Waals surface area (Å²) in [5.41, 5.74) is 0.379. The Kier molecular flexibility index (Phi) is 7.23. The van der Waals surface area contributed by atoms with Crippen LogP contribution in [0.3, 0.4) is 0 Å². The second-order valence-electron chi connectivity index (χ2n) is 7.05. The normalized spacial score (nSPS) is 12.2. The number of rotatable bonds is 8. The summed E-state index contributed by atoms with van der Waals surface area (Å²) >= 11 is 0. The Morgan fingerprint density at radius 2 is 1.24 bits per heavy atom. The van der Waals surface area contributed by atoms with Gasteiger partial charge in [0.2, 0.25) is 5.91 Å². The van der Waals surface area contributed by atoms with Crippen molar-refractivity contribution < 1.29 is 35.9 Å². The van der Waals surface area contributed by atoms with Crippen LogP contribution in [0.5, 0.6) is 11.5 Å². The number of anilines is 1. The molecule has 5 nitrogen and oxygen atoms in total. The molecule has 0 atom stereocenters. The summed E-state index contributed by atoms with van der Waals surface area (Å²) in [5.74, 6) is -10.4. The van der Waals surface area contributed by atoms with Gasteiger partial charge in [-0.05, 0) is 72.8 Å². The van der Waals surface area contributed by atoms with E-state index in [9.17, 15) is 31.1 Å². The van der Waals surface area contributed by atoms with Crippen molar-refractivity contribution >= 4 is 23.0 Å². The molecule has 0 bridgehead atoms. The fourth-order valence-corrected chi connectivity index (χ4v) is 2.71. The zero-order valence-electron chi connectivity index (χ0n) is 17.5. The second-order valence-corrected chi connectivity index (χ2v) is 7.05. The number of carbonyl (C=O) groups is 1. The first-order valence-electron chi connectivity index (χ1n) is 9.70. The lowest BCUT2D eigenvalue weighted by atomic mass is 10.0. The molecule has 0 aromatic heterocycles. The van der Waals surface area contributed by atoms with Gasteiger partial charge in [-0.25, -0.2) is 8.78 Å². The minimum atomic E-state index is -5.51. The van der Waals surface area contributed by atoms with Crippen molar-refractivity contribution in [1.29, 1.82) is 0 Å². The van der Waals surface area contributed by atoms with E-state index in [1.165, 1.54) is 19.1 Å². The molecule has 0 aliphatic carbocycles. The predicted molar refractivity (Wildman–Crippen MR) is 113 cm³/mol. The van der Waals surface area contributed by atoms with Crippen LogP contribution in [0, 0.1) is 0 Å². The van der Waals surface area contributed by atoms with Gasteiger partial charge in [0.1, 0.15) is 11.5 Å². The zero-order valence-corrected chi connectivity index (χ0v) is 17.5. The third kappa shape index (κ3) is 5.72. The monoisotopic (exact) mass is 481 g/mol. The van der Waals surface area contributed by atoms with Crippen molar-refractivity contribution in [2.45, 2.75) is 25.2 Å². The standard InChI is InChI=1S/C23H17F6N3O2/c1-14(33)30-16-4-6-17(7-5-16)31-32-18-8-12-20(13-9-18)34-19-10-2-15(3-11-19)22(26,27)23(28,29)21(24)25/h2-13,21H,1H3,(H,30,33)/b32-31+. The first kappa shape index (κ1) is 24.7. The molecule has 0 saturated heterocycles. The van der Waals surface area contributed by atoms with E-state index in [2.05, 4.69) is 15.5 Å². The van der Waals surface area contributed by atoms with E-state index in [0.29, 0.717) is 29.2 Å². The van der Waals surface area contributed by atoms with Gasteiger partial charge in [0.15, 0.2) is 0 Å². The first-order valence-corrected chi connectivity index (χ1v) is 9.70. The van der Waals surface area contributed by atoms with Crippen LogP contribution < -0.4 is 10.1 Å². The molecule has 0 fully saturated rings. The Labute approximate surface area is 190 Å². The SMILES string of the molecule is CC(=O)Nc1ccc(/N=N/c2ccc(Oc3ccc(C(F)(F)C(F)(F)C(F)F)cc3)cc2)cc1. The van der Waals surface area contributed by atoms with Crippen molar-refractivity contribution in [3.8, 4) is 11.5 Å². The smallest absolute Gasteiger partial charge is 0.373 e. The van der Waals surface area contributed by atoms with Crippen LogP contribution in [0.2, 0.25) is 0 Å². The third-order valence-corrected chi connectivity index (χ3v) is 4.45.